The lowest BCUT2D eigenvalue weighted by atomic mass is 10.1. The van der Waals surface area contributed by atoms with Crippen LogP contribution in [-0.4, -0.2) is 34.8 Å². The minimum absolute atomic E-state index is 0.00670. The van der Waals surface area contributed by atoms with Crippen molar-refractivity contribution in [1.82, 2.24) is 13.3 Å². The molecule has 1 aromatic heterocycles. The maximum Gasteiger partial charge on any atom is 0.416 e. The highest BCUT2D eigenvalue weighted by molar-refractivity contribution is 9.10. The summed E-state index contributed by atoms with van der Waals surface area (Å²) >= 11 is 3.09. The van der Waals surface area contributed by atoms with Gasteiger partial charge in [0.15, 0.2) is 0 Å². The van der Waals surface area contributed by atoms with Crippen molar-refractivity contribution in [1.29, 1.82) is 5.26 Å². The second-order valence-corrected chi connectivity index (χ2v) is 13.1. The van der Waals surface area contributed by atoms with E-state index in [0.717, 1.165) is 63.5 Å². The van der Waals surface area contributed by atoms with Gasteiger partial charge in [0.2, 0.25) is 5.82 Å². The predicted molar refractivity (Wildman–Crippen MR) is 158 cm³/mol. The van der Waals surface area contributed by atoms with E-state index in [-0.39, 0.29) is 28.6 Å². The first-order chi connectivity index (χ1) is 19.1. The zero-order valence-electron chi connectivity index (χ0n) is 23.9. The van der Waals surface area contributed by atoms with Gasteiger partial charge >= 0.3 is 16.4 Å². The lowest BCUT2D eigenvalue weighted by Gasteiger charge is -2.23. The molecule has 0 aliphatic carbocycles. The highest BCUT2D eigenvalue weighted by atomic mass is 79.9. The first kappa shape index (κ1) is 34.6. The van der Waals surface area contributed by atoms with Crippen LogP contribution < -0.4 is 0 Å². The Hall–Kier alpha value is -1.64. The summed E-state index contributed by atoms with van der Waals surface area (Å²) in [6, 6.07) is 3.39. The summed E-state index contributed by atoms with van der Waals surface area (Å²) < 4.78 is 70.6. The van der Waals surface area contributed by atoms with Crippen LogP contribution in [0.5, 0.6) is 0 Å². The molecule has 0 aliphatic heterocycles. The quantitative estimate of drug-likeness (QED) is 0.134. The summed E-state index contributed by atoms with van der Waals surface area (Å²) in [4.78, 5) is 4.07. The molecule has 0 saturated carbocycles. The van der Waals surface area contributed by atoms with Gasteiger partial charge in [-0.25, -0.2) is 4.98 Å². The Morgan fingerprint density at radius 1 is 0.850 bits per heavy atom. The number of nitrogens with zero attached hydrogens (tertiary/aromatic N) is 4. The van der Waals surface area contributed by atoms with Gasteiger partial charge in [0.05, 0.1) is 11.1 Å². The minimum Gasteiger partial charge on any atom is -0.217 e. The highest BCUT2D eigenvalue weighted by Crippen LogP contribution is 2.36. The van der Waals surface area contributed by atoms with Gasteiger partial charge in [0, 0.05) is 17.6 Å². The monoisotopic (exact) mass is 648 g/mol. The van der Waals surface area contributed by atoms with Gasteiger partial charge in [-0.2, -0.15) is 35.1 Å². The van der Waals surface area contributed by atoms with E-state index in [2.05, 4.69) is 34.8 Å². The van der Waals surface area contributed by atoms with Gasteiger partial charge in [-0.15, -0.1) is 0 Å². The van der Waals surface area contributed by atoms with Gasteiger partial charge in [0.1, 0.15) is 11.6 Å². The van der Waals surface area contributed by atoms with Gasteiger partial charge in [-0.3, -0.25) is 0 Å². The molecule has 11 heteroatoms. The third kappa shape index (κ3) is 10.3. The van der Waals surface area contributed by atoms with Crippen LogP contribution in [0.15, 0.2) is 16.6 Å². The van der Waals surface area contributed by atoms with Gasteiger partial charge < -0.3 is 0 Å². The highest BCUT2D eigenvalue weighted by Gasteiger charge is 2.35. The van der Waals surface area contributed by atoms with E-state index in [1.165, 1.54) is 42.8 Å². The number of nitriles is 1. The molecule has 40 heavy (non-hydrogen) atoms. The topological polar surface area (TPSA) is 79.0 Å². The number of hydrogen-bond donors (Lipinski definition) is 0. The maximum absolute atomic E-state index is 13.9. The molecule has 0 atom stereocenters. The molecule has 0 spiro atoms. The molecule has 1 heterocycles. The van der Waals surface area contributed by atoms with Crippen molar-refractivity contribution in [3.63, 3.8) is 0 Å². The summed E-state index contributed by atoms with van der Waals surface area (Å²) in [5.74, 6) is -0.452. The molecule has 2 aromatic rings. The summed E-state index contributed by atoms with van der Waals surface area (Å²) in [6.07, 6.45) is 12.1. The fourth-order valence-corrected chi connectivity index (χ4v) is 7.06. The lowest BCUT2D eigenvalue weighted by molar-refractivity contribution is -0.137. The molecule has 0 amide bonds. The van der Waals surface area contributed by atoms with Gasteiger partial charge in [-0.1, -0.05) is 104 Å². The fraction of sp³-hybridized carbons (Fsp3) is 0.724. The zero-order chi connectivity index (χ0) is 29.6. The molecule has 226 valence electrons. The van der Waals surface area contributed by atoms with Crippen molar-refractivity contribution in [2.45, 2.75) is 123 Å². The molecule has 0 fully saturated rings. The van der Waals surface area contributed by atoms with Crippen LogP contribution in [0, 0.1) is 11.3 Å². The van der Waals surface area contributed by atoms with Crippen LogP contribution in [0.4, 0.5) is 13.2 Å². The summed E-state index contributed by atoms with van der Waals surface area (Å²) in [7, 11) is -4.34. The Morgan fingerprint density at radius 2 is 1.30 bits per heavy atom. The van der Waals surface area contributed by atoms with Crippen molar-refractivity contribution in [2.24, 2.45) is 0 Å². The van der Waals surface area contributed by atoms with E-state index in [1.807, 2.05) is 0 Å². The molecule has 2 rings (SSSR count). The van der Waals surface area contributed by atoms with E-state index in [4.69, 9.17) is 0 Å². The van der Waals surface area contributed by atoms with Crippen LogP contribution >= 0.6 is 15.9 Å². The molecular formula is C29H44BrF3N4O2S. The summed E-state index contributed by atoms with van der Waals surface area (Å²) in [5.41, 5.74) is -1.26. The Kier molecular flexibility index (Phi) is 15.0. The average Bonchev–Trinajstić information content (AvgIpc) is 3.30. The largest absolute Gasteiger partial charge is 0.416 e. The minimum atomic E-state index is -4.68. The summed E-state index contributed by atoms with van der Waals surface area (Å²) in [6.45, 7) is 4.84. The van der Waals surface area contributed by atoms with Gasteiger partial charge in [-0.05, 0) is 40.9 Å². The van der Waals surface area contributed by atoms with E-state index in [1.54, 1.807) is 6.07 Å². The lowest BCUT2D eigenvalue weighted by Crippen LogP contribution is -2.37. The molecular weight excluding hydrogens is 605 g/mol. The Labute approximate surface area is 246 Å². The molecule has 0 unspecified atom stereocenters. The van der Waals surface area contributed by atoms with E-state index < -0.39 is 27.8 Å². The van der Waals surface area contributed by atoms with Crippen molar-refractivity contribution in [2.75, 3.05) is 13.1 Å². The number of alkyl halides is 3. The molecule has 0 saturated heterocycles. The summed E-state index contributed by atoms with van der Waals surface area (Å²) in [5, 5.41) is 9.70. The van der Waals surface area contributed by atoms with Crippen LogP contribution in [0.25, 0.3) is 11.0 Å². The SMILES string of the molecule is CCCCCCCCCCN(CCCCCCCCCC)S(=O)(=O)n1c(C#N)nc2c(Br)cc(C(F)(F)F)cc21. The van der Waals surface area contributed by atoms with E-state index >= 15 is 0 Å². The predicted octanol–water partition coefficient (Wildman–Crippen LogP) is 9.37. The third-order valence-electron chi connectivity index (χ3n) is 7.18. The van der Waals surface area contributed by atoms with Crippen molar-refractivity contribution in [3.05, 3.63) is 28.0 Å². The Balaban J connectivity index is 2.25. The Morgan fingerprint density at radius 3 is 1.73 bits per heavy atom. The molecule has 0 aliphatic rings. The van der Waals surface area contributed by atoms with E-state index in [0.29, 0.717) is 16.8 Å². The van der Waals surface area contributed by atoms with E-state index in [9.17, 15) is 26.9 Å². The molecule has 0 bridgehead atoms. The Bertz CT molecular complexity index is 1170. The fourth-order valence-electron chi connectivity index (χ4n) is 4.89. The normalized spacial score (nSPS) is 12.4. The number of fused-ring (bicyclic) bond motifs is 1. The second kappa shape index (κ2) is 17.3. The number of benzene rings is 1. The first-order valence-electron chi connectivity index (χ1n) is 14.8. The van der Waals surface area contributed by atoms with Crippen LogP contribution in [0.3, 0.4) is 0 Å². The number of unbranched alkanes of at least 4 members (excludes halogenated alkanes) is 14. The van der Waals surface area contributed by atoms with Crippen molar-refractivity contribution < 1.29 is 21.6 Å². The first-order valence-corrected chi connectivity index (χ1v) is 17.0. The van der Waals surface area contributed by atoms with Crippen LogP contribution in [-0.2, 0) is 16.4 Å². The number of imidazole rings is 1. The number of rotatable bonds is 20. The smallest absolute Gasteiger partial charge is 0.217 e. The molecule has 0 N–H and O–H groups in total. The van der Waals surface area contributed by atoms with Gasteiger partial charge in [0.25, 0.3) is 0 Å². The standard InChI is InChI=1S/C29H44BrF3N4O2S/c1-3-5-7-9-11-13-15-17-19-36(20-18-16-14-12-10-8-6-4-2)40(38,39)37-26-22-24(29(31,32)33)21-25(30)28(26)35-27(37)23-34/h21-22H,3-20H2,1-2H3. The van der Waals surface area contributed by atoms with Crippen molar-refractivity contribution in [3.8, 4) is 6.07 Å². The third-order valence-corrected chi connectivity index (χ3v) is 9.63. The number of aromatic nitrogens is 2. The molecule has 1 aromatic carbocycles. The molecule has 0 radical (unpaired) electrons. The molecule has 6 nitrogen and oxygen atoms in total. The average molecular weight is 650 g/mol. The maximum atomic E-state index is 13.9. The van der Waals surface area contributed by atoms with Crippen molar-refractivity contribution >= 4 is 37.2 Å². The second-order valence-electron chi connectivity index (χ2n) is 10.5. The van der Waals surface area contributed by atoms with Crippen LogP contribution in [0.2, 0.25) is 0 Å². The number of halogens is 4. The van der Waals surface area contributed by atoms with Crippen LogP contribution in [0.1, 0.15) is 128 Å². The number of hydrogen-bond acceptors (Lipinski definition) is 4. The zero-order valence-corrected chi connectivity index (χ0v) is 26.3.